The van der Waals surface area contributed by atoms with E-state index in [0.717, 1.165) is 29.1 Å². The molecule has 1 fully saturated rings. The number of hydrogen-bond donors (Lipinski definition) is 1. The van der Waals surface area contributed by atoms with Gasteiger partial charge < -0.3 is 14.6 Å². The zero-order valence-electron chi connectivity index (χ0n) is 17.5. The summed E-state index contributed by atoms with van der Waals surface area (Å²) < 4.78 is 19.7. The first-order valence-corrected chi connectivity index (χ1v) is 11.0. The fourth-order valence-corrected chi connectivity index (χ4v) is 4.44. The first-order valence-electron chi connectivity index (χ1n) is 10.6. The number of aryl methyl sites for hydroxylation is 1. The van der Waals surface area contributed by atoms with Crippen molar-refractivity contribution < 1.29 is 8.81 Å². The second-order valence-corrected chi connectivity index (χ2v) is 8.11. The number of nitrogens with zero attached hydrogens (tertiary/aromatic N) is 2. The van der Waals surface area contributed by atoms with Gasteiger partial charge in [-0.3, -0.25) is 4.98 Å². The number of benzene rings is 2. The van der Waals surface area contributed by atoms with Crippen molar-refractivity contribution in [3.05, 3.63) is 108 Å². The van der Waals surface area contributed by atoms with Crippen molar-refractivity contribution in [2.75, 3.05) is 4.90 Å². The Kier molecular flexibility index (Phi) is 5.45. The summed E-state index contributed by atoms with van der Waals surface area (Å²) in [6.07, 6.45) is 2.75. The van der Waals surface area contributed by atoms with E-state index in [2.05, 4.69) is 46.4 Å². The quantitative estimate of drug-likeness (QED) is 0.371. The Bertz CT molecular complexity index is 1220. The van der Waals surface area contributed by atoms with Crippen LogP contribution in [-0.2, 0) is 6.42 Å². The normalized spacial score (nSPS) is 18.1. The number of furan rings is 1. The number of hydrogen-bond acceptors (Lipinski definition) is 3. The lowest BCUT2D eigenvalue weighted by Crippen LogP contribution is -2.29. The summed E-state index contributed by atoms with van der Waals surface area (Å²) >= 11 is 5.76. The van der Waals surface area contributed by atoms with Gasteiger partial charge in [0.1, 0.15) is 23.4 Å². The SMILES string of the molecule is CCc1ccc(N2C(=S)NC(c3ccccn3)C2c2ccc(-c3ccc(F)cc3)o2)cc1. The van der Waals surface area contributed by atoms with Crippen LogP contribution in [0.15, 0.2) is 89.5 Å². The minimum Gasteiger partial charge on any atom is -0.459 e. The molecular formula is C26H22FN3OS. The first-order chi connectivity index (χ1) is 15.6. The molecule has 2 aromatic heterocycles. The molecule has 4 nitrogen and oxygen atoms in total. The molecule has 3 heterocycles. The second-order valence-electron chi connectivity index (χ2n) is 7.73. The largest absolute Gasteiger partial charge is 0.459 e. The molecule has 0 saturated carbocycles. The van der Waals surface area contributed by atoms with Crippen LogP contribution in [0.4, 0.5) is 10.1 Å². The number of halogens is 1. The molecular weight excluding hydrogens is 421 g/mol. The van der Waals surface area contributed by atoms with Gasteiger partial charge in [0.15, 0.2) is 5.11 Å². The van der Waals surface area contributed by atoms with Crippen LogP contribution in [0.5, 0.6) is 0 Å². The summed E-state index contributed by atoms with van der Waals surface area (Å²) in [6, 6.07) is 24.0. The average molecular weight is 444 g/mol. The molecule has 1 N–H and O–H groups in total. The monoisotopic (exact) mass is 443 g/mol. The molecule has 160 valence electrons. The minimum absolute atomic E-state index is 0.179. The van der Waals surface area contributed by atoms with Crippen molar-refractivity contribution in [2.24, 2.45) is 0 Å². The predicted molar refractivity (Wildman–Crippen MR) is 128 cm³/mol. The molecule has 0 spiro atoms. The third kappa shape index (κ3) is 3.78. The Morgan fingerprint density at radius 3 is 2.47 bits per heavy atom. The molecule has 6 heteroatoms. The van der Waals surface area contributed by atoms with Crippen molar-refractivity contribution in [3.63, 3.8) is 0 Å². The third-order valence-corrected chi connectivity index (χ3v) is 6.08. The molecule has 0 bridgehead atoms. The average Bonchev–Trinajstić information content (AvgIpc) is 3.45. The maximum absolute atomic E-state index is 13.4. The van der Waals surface area contributed by atoms with Gasteiger partial charge in [-0.05, 0) is 84.9 Å². The van der Waals surface area contributed by atoms with Crippen molar-refractivity contribution >= 4 is 23.0 Å². The highest BCUT2D eigenvalue weighted by atomic mass is 32.1. The molecule has 2 atom stereocenters. The zero-order chi connectivity index (χ0) is 22.1. The van der Waals surface area contributed by atoms with Gasteiger partial charge in [0, 0.05) is 17.4 Å². The maximum atomic E-state index is 13.4. The van der Waals surface area contributed by atoms with E-state index in [1.807, 2.05) is 30.3 Å². The standard InChI is InChI=1S/C26H22FN3OS/c1-2-17-6-12-20(13-7-17)30-25(24(29-26(30)32)21-5-3-4-16-28-21)23-15-14-22(31-23)18-8-10-19(27)11-9-18/h3-16,24-25H,2H2,1H3,(H,29,32). The van der Waals surface area contributed by atoms with Gasteiger partial charge in [-0.2, -0.15) is 0 Å². The summed E-state index contributed by atoms with van der Waals surface area (Å²) in [4.78, 5) is 6.65. The lowest BCUT2D eigenvalue weighted by Gasteiger charge is -2.26. The smallest absolute Gasteiger partial charge is 0.174 e. The lowest BCUT2D eigenvalue weighted by atomic mass is 10.0. The van der Waals surface area contributed by atoms with Gasteiger partial charge in [0.05, 0.1) is 11.7 Å². The van der Waals surface area contributed by atoms with Crippen LogP contribution in [0.2, 0.25) is 0 Å². The Morgan fingerprint density at radius 1 is 1.00 bits per heavy atom. The van der Waals surface area contributed by atoms with E-state index in [9.17, 15) is 4.39 Å². The highest BCUT2D eigenvalue weighted by Crippen LogP contribution is 2.42. The van der Waals surface area contributed by atoms with Crippen LogP contribution in [0.1, 0.15) is 36.0 Å². The molecule has 1 saturated heterocycles. The summed E-state index contributed by atoms with van der Waals surface area (Å²) in [5, 5.41) is 4.06. The summed E-state index contributed by atoms with van der Waals surface area (Å²) in [7, 11) is 0. The van der Waals surface area contributed by atoms with E-state index in [1.54, 1.807) is 18.3 Å². The summed E-state index contributed by atoms with van der Waals surface area (Å²) in [5.74, 6) is 1.16. The van der Waals surface area contributed by atoms with Gasteiger partial charge in [0.25, 0.3) is 0 Å². The van der Waals surface area contributed by atoms with E-state index in [-0.39, 0.29) is 17.9 Å². The first kappa shape index (κ1) is 20.4. The molecule has 1 aliphatic rings. The molecule has 0 radical (unpaired) electrons. The Balaban J connectivity index is 1.57. The molecule has 0 aliphatic carbocycles. The molecule has 2 unspecified atom stereocenters. The fourth-order valence-electron chi connectivity index (χ4n) is 4.10. The van der Waals surface area contributed by atoms with E-state index in [1.165, 1.54) is 17.7 Å². The number of rotatable bonds is 5. The van der Waals surface area contributed by atoms with Crippen LogP contribution >= 0.6 is 12.2 Å². The van der Waals surface area contributed by atoms with Crippen molar-refractivity contribution in [1.82, 2.24) is 10.3 Å². The van der Waals surface area contributed by atoms with Gasteiger partial charge in [-0.25, -0.2) is 4.39 Å². The predicted octanol–water partition coefficient (Wildman–Crippen LogP) is 6.22. The van der Waals surface area contributed by atoms with Crippen LogP contribution < -0.4 is 10.2 Å². The Hall–Kier alpha value is -3.51. The maximum Gasteiger partial charge on any atom is 0.174 e. The number of aromatic nitrogens is 1. The number of pyridine rings is 1. The van der Waals surface area contributed by atoms with E-state index >= 15 is 0 Å². The Morgan fingerprint density at radius 2 is 1.78 bits per heavy atom. The molecule has 4 aromatic rings. The number of thiocarbonyl (C=S) groups is 1. The van der Waals surface area contributed by atoms with Gasteiger partial charge in [0.2, 0.25) is 0 Å². The van der Waals surface area contributed by atoms with Crippen LogP contribution in [0.3, 0.4) is 0 Å². The van der Waals surface area contributed by atoms with Gasteiger partial charge in [-0.15, -0.1) is 0 Å². The van der Waals surface area contributed by atoms with E-state index < -0.39 is 0 Å². The van der Waals surface area contributed by atoms with Crippen LogP contribution in [-0.4, -0.2) is 10.1 Å². The minimum atomic E-state index is -0.275. The molecule has 1 aliphatic heterocycles. The number of anilines is 1. The summed E-state index contributed by atoms with van der Waals surface area (Å²) in [5.41, 5.74) is 3.95. The molecule has 2 aromatic carbocycles. The van der Waals surface area contributed by atoms with Crippen LogP contribution in [0.25, 0.3) is 11.3 Å². The second kappa shape index (κ2) is 8.55. The third-order valence-electron chi connectivity index (χ3n) is 5.77. The number of nitrogens with one attached hydrogen (secondary N) is 1. The molecule has 0 amide bonds. The van der Waals surface area contributed by atoms with Crippen LogP contribution in [0, 0.1) is 5.82 Å². The zero-order valence-corrected chi connectivity index (χ0v) is 18.4. The van der Waals surface area contributed by atoms with Crippen molar-refractivity contribution in [1.29, 1.82) is 0 Å². The van der Waals surface area contributed by atoms with Crippen molar-refractivity contribution in [3.8, 4) is 11.3 Å². The fraction of sp³-hybridized carbons (Fsp3) is 0.154. The summed E-state index contributed by atoms with van der Waals surface area (Å²) in [6.45, 7) is 2.14. The Labute approximate surface area is 191 Å². The van der Waals surface area contributed by atoms with Crippen molar-refractivity contribution in [2.45, 2.75) is 25.4 Å². The lowest BCUT2D eigenvalue weighted by molar-refractivity contribution is 0.439. The molecule has 32 heavy (non-hydrogen) atoms. The van der Waals surface area contributed by atoms with E-state index in [0.29, 0.717) is 10.9 Å². The highest BCUT2D eigenvalue weighted by Gasteiger charge is 2.42. The van der Waals surface area contributed by atoms with Gasteiger partial charge >= 0.3 is 0 Å². The van der Waals surface area contributed by atoms with E-state index in [4.69, 9.17) is 16.6 Å². The topological polar surface area (TPSA) is 41.3 Å². The van der Waals surface area contributed by atoms with Gasteiger partial charge in [-0.1, -0.05) is 25.1 Å². The highest BCUT2D eigenvalue weighted by molar-refractivity contribution is 7.80. The molecule has 5 rings (SSSR count).